The molecule has 1 aromatic heterocycles. The van der Waals surface area contributed by atoms with Crippen molar-refractivity contribution in [2.75, 3.05) is 20.2 Å². The van der Waals surface area contributed by atoms with Gasteiger partial charge in [0.1, 0.15) is 24.4 Å². The number of hydrogen-bond donors (Lipinski definition) is 1. The van der Waals surface area contributed by atoms with Gasteiger partial charge in [-0.3, -0.25) is 9.59 Å². The molecule has 0 radical (unpaired) electrons. The molecule has 0 unspecified atom stereocenters. The Hall–Kier alpha value is -3.54. The molecule has 0 spiro atoms. The summed E-state index contributed by atoms with van der Waals surface area (Å²) in [5.41, 5.74) is 3.92. The third kappa shape index (κ3) is 2.64. The monoisotopic (exact) mass is 401 g/mol. The molecule has 0 saturated carbocycles. The zero-order valence-electron chi connectivity index (χ0n) is 16.8. The van der Waals surface area contributed by atoms with Crippen LogP contribution in [-0.2, 0) is 16.0 Å². The van der Waals surface area contributed by atoms with Gasteiger partial charge in [0.2, 0.25) is 11.8 Å². The van der Waals surface area contributed by atoms with Gasteiger partial charge in [-0.2, -0.15) is 0 Å². The second kappa shape index (κ2) is 7.06. The molecule has 1 fully saturated rings. The smallest absolute Gasteiger partial charge is 0.246 e. The maximum atomic E-state index is 13.3. The Labute approximate surface area is 174 Å². The number of nitrogens with one attached hydrogen (secondary N) is 1. The fourth-order valence-corrected chi connectivity index (χ4v) is 4.85. The molecule has 2 atom stereocenters. The highest BCUT2D eigenvalue weighted by Gasteiger charge is 2.48. The van der Waals surface area contributed by atoms with Gasteiger partial charge >= 0.3 is 0 Å². The molecule has 6 heteroatoms. The van der Waals surface area contributed by atoms with Crippen molar-refractivity contribution in [2.45, 2.75) is 18.5 Å². The molecule has 2 aromatic carbocycles. The van der Waals surface area contributed by atoms with Crippen LogP contribution in [0, 0.1) is 0 Å². The van der Waals surface area contributed by atoms with Crippen LogP contribution < -0.4 is 4.74 Å². The molecule has 0 bridgehead atoms. The van der Waals surface area contributed by atoms with E-state index in [2.05, 4.69) is 17.6 Å². The number of aromatic amines is 1. The van der Waals surface area contributed by atoms with Gasteiger partial charge in [-0.1, -0.05) is 42.5 Å². The molecule has 3 heterocycles. The van der Waals surface area contributed by atoms with E-state index < -0.39 is 12.1 Å². The minimum absolute atomic E-state index is 0.0367. The van der Waals surface area contributed by atoms with Crippen molar-refractivity contribution in [2.24, 2.45) is 0 Å². The first kappa shape index (κ1) is 18.5. The first-order chi connectivity index (χ1) is 14.6. The number of benzene rings is 2. The van der Waals surface area contributed by atoms with Crippen LogP contribution in [0.1, 0.15) is 22.9 Å². The Morgan fingerprint density at radius 3 is 2.73 bits per heavy atom. The van der Waals surface area contributed by atoms with Gasteiger partial charge < -0.3 is 19.5 Å². The number of carbonyl (C=O) groups excluding carboxylic acids is 2. The predicted octanol–water partition coefficient (Wildman–Crippen LogP) is 3.05. The summed E-state index contributed by atoms with van der Waals surface area (Å²) in [7, 11) is 1.63. The van der Waals surface area contributed by atoms with Crippen molar-refractivity contribution in [1.82, 2.24) is 14.8 Å². The lowest BCUT2D eigenvalue weighted by Crippen LogP contribution is -2.63. The van der Waals surface area contributed by atoms with E-state index in [1.165, 1.54) is 0 Å². The van der Waals surface area contributed by atoms with Gasteiger partial charge in [-0.25, -0.2) is 0 Å². The van der Waals surface area contributed by atoms with Crippen LogP contribution in [-0.4, -0.2) is 52.8 Å². The Morgan fingerprint density at radius 1 is 1.17 bits per heavy atom. The van der Waals surface area contributed by atoms with Gasteiger partial charge in [-0.05, 0) is 17.7 Å². The number of para-hydroxylation sites is 2. The van der Waals surface area contributed by atoms with E-state index in [-0.39, 0.29) is 18.4 Å². The lowest BCUT2D eigenvalue weighted by molar-refractivity contribution is -0.158. The number of fused-ring (bicyclic) bond motifs is 4. The van der Waals surface area contributed by atoms with Gasteiger partial charge in [0, 0.05) is 35.1 Å². The zero-order valence-corrected chi connectivity index (χ0v) is 16.8. The van der Waals surface area contributed by atoms with E-state index in [9.17, 15) is 9.59 Å². The number of methoxy groups -OCH3 is 1. The van der Waals surface area contributed by atoms with Crippen molar-refractivity contribution < 1.29 is 14.3 Å². The molecule has 30 heavy (non-hydrogen) atoms. The van der Waals surface area contributed by atoms with Crippen LogP contribution in [0.4, 0.5) is 0 Å². The summed E-state index contributed by atoms with van der Waals surface area (Å²) in [6.45, 7) is 4.16. The summed E-state index contributed by atoms with van der Waals surface area (Å²) in [6, 6.07) is 14.8. The summed E-state index contributed by atoms with van der Waals surface area (Å²) in [5, 5.41) is 1.09. The second-order valence-corrected chi connectivity index (χ2v) is 7.74. The fraction of sp³-hybridized carbons (Fsp3) is 0.250. The van der Waals surface area contributed by atoms with Crippen LogP contribution in [0.5, 0.6) is 5.75 Å². The van der Waals surface area contributed by atoms with Crippen molar-refractivity contribution in [1.29, 1.82) is 0 Å². The highest BCUT2D eigenvalue weighted by Crippen LogP contribution is 2.44. The number of rotatable bonds is 4. The molecule has 2 amide bonds. The number of nitrogens with zero attached hydrogens (tertiary/aromatic N) is 2. The molecule has 5 rings (SSSR count). The lowest BCUT2D eigenvalue weighted by Gasteiger charge is -2.47. The molecule has 2 aliphatic heterocycles. The van der Waals surface area contributed by atoms with E-state index in [0.717, 1.165) is 27.7 Å². The Kier molecular flexibility index (Phi) is 4.35. The maximum absolute atomic E-state index is 13.3. The standard InChI is InChI=1S/C24H23N3O3/c1-3-12-26-14-21(28)27-19(24(26)29)13-17-15-8-4-6-10-18(15)25-22(17)23(27)16-9-5-7-11-20(16)30-2/h3-11,19,23,25H,1,12-14H2,2H3/t19-,23-/m0/s1. The predicted molar refractivity (Wildman–Crippen MR) is 114 cm³/mol. The summed E-state index contributed by atoms with van der Waals surface area (Å²) in [6.07, 6.45) is 2.15. The zero-order chi connectivity index (χ0) is 20.8. The molecular formula is C24H23N3O3. The number of piperazine rings is 1. The number of aromatic nitrogens is 1. The maximum Gasteiger partial charge on any atom is 0.246 e. The van der Waals surface area contributed by atoms with E-state index in [4.69, 9.17) is 4.74 Å². The molecule has 0 aliphatic carbocycles. The highest BCUT2D eigenvalue weighted by molar-refractivity contribution is 5.97. The van der Waals surface area contributed by atoms with Crippen LogP contribution in [0.2, 0.25) is 0 Å². The van der Waals surface area contributed by atoms with Crippen LogP contribution in [0.3, 0.4) is 0 Å². The quantitative estimate of drug-likeness (QED) is 0.684. The molecule has 1 saturated heterocycles. The summed E-state index contributed by atoms with van der Waals surface area (Å²) >= 11 is 0. The van der Waals surface area contributed by atoms with Gasteiger partial charge in [0.25, 0.3) is 0 Å². The van der Waals surface area contributed by atoms with E-state index >= 15 is 0 Å². The van der Waals surface area contributed by atoms with Crippen molar-refractivity contribution in [3.63, 3.8) is 0 Å². The number of hydrogen-bond acceptors (Lipinski definition) is 3. The Balaban J connectivity index is 1.74. The van der Waals surface area contributed by atoms with E-state index in [0.29, 0.717) is 18.7 Å². The Morgan fingerprint density at radius 2 is 1.93 bits per heavy atom. The first-order valence-electron chi connectivity index (χ1n) is 10.1. The van der Waals surface area contributed by atoms with Crippen molar-refractivity contribution in [3.05, 3.63) is 78.0 Å². The first-order valence-corrected chi connectivity index (χ1v) is 10.1. The molecule has 1 N–H and O–H groups in total. The fourth-order valence-electron chi connectivity index (χ4n) is 4.85. The van der Waals surface area contributed by atoms with Gasteiger partial charge in [-0.15, -0.1) is 6.58 Å². The average molecular weight is 401 g/mol. The third-order valence-electron chi connectivity index (χ3n) is 6.13. The third-order valence-corrected chi connectivity index (χ3v) is 6.13. The normalized spacial score (nSPS) is 20.8. The minimum Gasteiger partial charge on any atom is -0.496 e. The summed E-state index contributed by atoms with van der Waals surface area (Å²) in [5.74, 6) is 0.591. The van der Waals surface area contributed by atoms with E-state index in [1.807, 2.05) is 42.5 Å². The Bertz CT molecular complexity index is 1170. The van der Waals surface area contributed by atoms with Crippen LogP contribution in [0.15, 0.2) is 61.2 Å². The van der Waals surface area contributed by atoms with Crippen LogP contribution in [0.25, 0.3) is 10.9 Å². The molecule has 6 nitrogen and oxygen atoms in total. The van der Waals surface area contributed by atoms with Crippen molar-refractivity contribution in [3.8, 4) is 5.75 Å². The summed E-state index contributed by atoms with van der Waals surface area (Å²) in [4.78, 5) is 33.5. The van der Waals surface area contributed by atoms with Crippen LogP contribution >= 0.6 is 0 Å². The number of carbonyl (C=O) groups is 2. The lowest BCUT2D eigenvalue weighted by atomic mass is 9.86. The minimum atomic E-state index is -0.548. The van der Waals surface area contributed by atoms with E-state index in [1.54, 1.807) is 23.0 Å². The second-order valence-electron chi connectivity index (χ2n) is 7.74. The SMILES string of the molecule is C=CCN1CC(=O)N2[C@@H](c3ccccc3OC)c3[nH]c4ccccc4c3C[C@H]2C1=O. The molecule has 2 aliphatic rings. The number of H-pyrrole nitrogens is 1. The number of ether oxygens (including phenoxy) is 1. The van der Waals surface area contributed by atoms with Gasteiger partial charge in [0.15, 0.2) is 0 Å². The topological polar surface area (TPSA) is 65.6 Å². The number of amides is 2. The molecular weight excluding hydrogens is 378 g/mol. The van der Waals surface area contributed by atoms with Crippen molar-refractivity contribution >= 4 is 22.7 Å². The molecule has 3 aromatic rings. The average Bonchev–Trinajstić information content (AvgIpc) is 3.14. The summed E-state index contributed by atoms with van der Waals surface area (Å²) < 4.78 is 5.63. The highest BCUT2D eigenvalue weighted by atomic mass is 16.5. The largest absolute Gasteiger partial charge is 0.496 e. The molecule has 152 valence electrons. The van der Waals surface area contributed by atoms with Gasteiger partial charge in [0.05, 0.1) is 7.11 Å².